The van der Waals surface area contributed by atoms with Gasteiger partial charge in [0.05, 0.1) is 16.5 Å². The van der Waals surface area contributed by atoms with E-state index in [0.29, 0.717) is 22.8 Å². The quantitative estimate of drug-likeness (QED) is 0.324. The highest BCUT2D eigenvalue weighted by Crippen LogP contribution is 2.33. The van der Waals surface area contributed by atoms with E-state index in [2.05, 4.69) is 17.2 Å². The van der Waals surface area contributed by atoms with Crippen molar-refractivity contribution in [3.8, 4) is 17.5 Å². The first-order valence-electron chi connectivity index (χ1n) is 10.7. The number of hydrogen-bond donors (Lipinski definition) is 0. The van der Waals surface area contributed by atoms with E-state index in [4.69, 9.17) is 4.74 Å². The smallest absolute Gasteiger partial charge is 0.293 e. The Bertz CT molecular complexity index is 1350. The second kappa shape index (κ2) is 9.86. The summed E-state index contributed by atoms with van der Waals surface area (Å²) in [6.45, 7) is 8.11. The summed E-state index contributed by atoms with van der Waals surface area (Å²) in [5.74, 6) is 0.411. The third-order valence-corrected chi connectivity index (χ3v) is 6.48. The number of thioether (sulfide) groups is 1. The largest absolute Gasteiger partial charge is 0.489 e. The molecule has 0 N–H and O–H groups in total. The van der Waals surface area contributed by atoms with E-state index in [1.807, 2.05) is 62.4 Å². The van der Waals surface area contributed by atoms with Crippen LogP contribution in [0.3, 0.4) is 0 Å². The molecule has 4 rings (SSSR count). The predicted molar refractivity (Wildman–Crippen MR) is 134 cm³/mol. The Morgan fingerprint density at radius 3 is 2.56 bits per heavy atom. The average molecular weight is 470 g/mol. The Morgan fingerprint density at radius 2 is 1.85 bits per heavy atom. The second-order valence-electron chi connectivity index (χ2n) is 7.79. The lowest BCUT2D eigenvalue weighted by atomic mass is 10.1. The molecular formula is C27H23N3O3S. The Hall–Kier alpha value is -4.02. The van der Waals surface area contributed by atoms with Crippen LogP contribution in [0.2, 0.25) is 0 Å². The molecule has 0 radical (unpaired) electrons. The first kappa shape index (κ1) is 23.1. The molecule has 6 nitrogen and oxygen atoms in total. The third kappa shape index (κ3) is 4.54. The Labute approximate surface area is 202 Å². The zero-order valence-corrected chi connectivity index (χ0v) is 19.8. The topological polar surface area (TPSA) is 75.3 Å². The maximum Gasteiger partial charge on any atom is 0.293 e. The van der Waals surface area contributed by atoms with Gasteiger partial charge in [0.2, 0.25) is 0 Å². The molecule has 1 fully saturated rings. The van der Waals surface area contributed by atoms with Crippen LogP contribution in [0.25, 0.3) is 11.8 Å². The van der Waals surface area contributed by atoms with Gasteiger partial charge < -0.3 is 9.30 Å². The lowest BCUT2D eigenvalue weighted by molar-refractivity contribution is -0.122. The van der Waals surface area contributed by atoms with Gasteiger partial charge in [0.1, 0.15) is 12.4 Å². The minimum atomic E-state index is -0.292. The zero-order valence-electron chi connectivity index (χ0n) is 18.9. The Morgan fingerprint density at radius 1 is 1.12 bits per heavy atom. The Kier molecular flexibility index (Phi) is 6.71. The molecule has 0 atom stereocenters. The van der Waals surface area contributed by atoms with Gasteiger partial charge in [-0.05, 0) is 73.6 Å². The van der Waals surface area contributed by atoms with Gasteiger partial charge >= 0.3 is 0 Å². The SMILES string of the molecule is C=CCN1C(=O)S/C(=C/c2cc(C)n(-c3ccc(OCc4ccccc4C#N)cc3)c2C)C1=O. The number of nitrogens with zero attached hydrogens (tertiary/aromatic N) is 3. The third-order valence-electron chi connectivity index (χ3n) is 5.57. The lowest BCUT2D eigenvalue weighted by Crippen LogP contribution is -2.27. The average Bonchev–Trinajstić information content (AvgIpc) is 3.27. The van der Waals surface area contributed by atoms with Crippen molar-refractivity contribution in [2.45, 2.75) is 20.5 Å². The van der Waals surface area contributed by atoms with Crippen LogP contribution in [0.5, 0.6) is 5.75 Å². The number of aryl methyl sites for hydroxylation is 1. The normalized spacial score (nSPS) is 14.5. The van der Waals surface area contributed by atoms with Crippen molar-refractivity contribution in [3.05, 3.63) is 100 Å². The van der Waals surface area contributed by atoms with Gasteiger partial charge in [0.25, 0.3) is 11.1 Å². The summed E-state index contributed by atoms with van der Waals surface area (Å²) in [4.78, 5) is 26.3. The van der Waals surface area contributed by atoms with Gasteiger partial charge in [-0.2, -0.15) is 5.26 Å². The van der Waals surface area contributed by atoms with Crippen LogP contribution >= 0.6 is 11.8 Å². The number of benzene rings is 2. The first-order valence-corrected chi connectivity index (χ1v) is 11.5. The first-order chi connectivity index (χ1) is 16.4. The monoisotopic (exact) mass is 469 g/mol. The van der Waals surface area contributed by atoms with Crippen LogP contribution in [0.15, 0.2) is 72.2 Å². The fourth-order valence-electron chi connectivity index (χ4n) is 3.87. The van der Waals surface area contributed by atoms with Crippen molar-refractivity contribution in [1.29, 1.82) is 5.26 Å². The summed E-state index contributed by atoms with van der Waals surface area (Å²) in [6, 6.07) is 19.3. The molecule has 0 bridgehead atoms. The molecule has 2 amide bonds. The summed E-state index contributed by atoms with van der Waals surface area (Å²) in [5, 5.41) is 8.95. The summed E-state index contributed by atoms with van der Waals surface area (Å²) in [6.07, 6.45) is 3.32. The van der Waals surface area contributed by atoms with E-state index in [0.717, 1.165) is 40.0 Å². The molecule has 0 saturated carbocycles. The number of imide groups is 1. The van der Waals surface area contributed by atoms with Crippen molar-refractivity contribution < 1.29 is 14.3 Å². The molecule has 1 aliphatic heterocycles. The van der Waals surface area contributed by atoms with E-state index in [9.17, 15) is 14.9 Å². The minimum absolute atomic E-state index is 0.206. The highest BCUT2D eigenvalue weighted by molar-refractivity contribution is 8.18. The maximum atomic E-state index is 12.6. The van der Waals surface area contributed by atoms with Crippen LogP contribution < -0.4 is 4.74 Å². The van der Waals surface area contributed by atoms with Crippen LogP contribution in [-0.2, 0) is 11.4 Å². The summed E-state index contributed by atoms with van der Waals surface area (Å²) in [5.41, 5.74) is 5.26. The van der Waals surface area contributed by atoms with E-state index in [1.54, 1.807) is 18.2 Å². The van der Waals surface area contributed by atoms with Crippen LogP contribution in [0, 0.1) is 25.2 Å². The molecule has 34 heavy (non-hydrogen) atoms. The number of rotatable bonds is 7. The van der Waals surface area contributed by atoms with Gasteiger partial charge in [-0.15, -0.1) is 6.58 Å². The summed E-state index contributed by atoms with van der Waals surface area (Å²) in [7, 11) is 0. The minimum Gasteiger partial charge on any atom is -0.489 e. The van der Waals surface area contributed by atoms with Crippen molar-refractivity contribution in [1.82, 2.24) is 9.47 Å². The molecule has 7 heteroatoms. The second-order valence-corrected chi connectivity index (χ2v) is 8.79. The lowest BCUT2D eigenvalue weighted by Gasteiger charge is -2.12. The van der Waals surface area contributed by atoms with E-state index >= 15 is 0 Å². The molecule has 2 heterocycles. The van der Waals surface area contributed by atoms with Gasteiger partial charge in [-0.1, -0.05) is 24.3 Å². The fraction of sp³-hybridized carbons (Fsp3) is 0.148. The van der Waals surface area contributed by atoms with Crippen LogP contribution in [0.4, 0.5) is 4.79 Å². The molecule has 3 aromatic rings. The standard InChI is InChI=1S/C27H23N3O3S/c1-4-13-29-26(31)25(34-27(29)32)15-22-14-18(2)30(19(22)3)23-9-11-24(12-10-23)33-17-21-8-6-5-7-20(21)16-28/h4-12,14-15H,1,13,17H2,2-3H3/b25-15+. The molecule has 0 unspecified atom stereocenters. The zero-order chi connectivity index (χ0) is 24.2. The number of carbonyl (C=O) groups excluding carboxylic acids is 2. The summed E-state index contributed by atoms with van der Waals surface area (Å²) >= 11 is 0.949. The fourth-order valence-corrected chi connectivity index (χ4v) is 4.71. The van der Waals surface area contributed by atoms with Crippen molar-refractivity contribution in [2.24, 2.45) is 0 Å². The molecule has 1 saturated heterocycles. The van der Waals surface area contributed by atoms with Crippen molar-refractivity contribution in [3.63, 3.8) is 0 Å². The van der Waals surface area contributed by atoms with Crippen molar-refractivity contribution >= 4 is 29.0 Å². The molecule has 0 aliphatic carbocycles. The van der Waals surface area contributed by atoms with Crippen LogP contribution in [-0.4, -0.2) is 27.2 Å². The summed E-state index contributed by atoms with van der Waals surface area (Å²) < 4.78 is 7.97. The highest BCUT2D eigenvalue weighted by Gasteiger charge is 2.34. The Balaban J connectivity index is 1.53. The molecule has 1 aromatic heterocycles. The number of nitriles is 1. The van der Waals surface area contributed by atoms with Crippen LogP contribution in [0.1, 0.15) is 28.1 Å². The molecular weight excluding hydrogens is 446 g/mol. The maximum absolute atomic E-state index is 12.6. The number of amides is 2. The molecule has 1 aliphatic rings. The molecule has 2 aromatic carbocycles. The highest BCUT2D eigenvalue weighted by atomic mass is 32.2. The van der Waals surface area contributed by atoms with E-state index < -0.39 is 0 Å². The van der Waals surface area contributed by atoms with Gasteiger partial charge in [0, 0.05) is 29.2 Å². The van der Waals surface area contributed by atoms with Crippen molar-refractivity contribution in [2.75, 3.05) is 6.54 Å². The predicted octanol–water partition coefficient (Wildman–Crippen LogP) is 5.77. The van der Waals surface area contributed by atoms with Gasteiger partial charge in [0.15, 0.2) is 0 Å². The number of hydrogen-bond acceptors (Lipinski definition) is 5. The number of ether oxygens (including phenoxy) is 1. The molecule has 0 spiro atoms. The number of aromatic nitrogens is 1. The number of carbonyl (C=O) groups is 2. The van der Waals surface area contributed by atoms with E-state index in [1.165, 1.54) is 4.90 Å². The molecule has 170 valence electrons. The van der Waals surface area contributed by atoms with E-state index in [-0.39, 0.29) is 17.7 Å². The van der Waals surface area contributed by atoms with Gasteiger partial charge in [-0.25, -0.2) is 0 Å². The van der Waals surface area contributed by atoms with Gasteiger partial charge in [-0.3, -0.25) is 14.5 Å².